The first-order chi connectivity index (χ1) is 13.5. The van der Waals surface area contributed by atoms with Gasteiger partial charge in [-0.2, -0.15) is 5.26 Å². The minimum Gasteiger partial charge on any atom is -0.365 e. The summed E-state index contributed by atoms with van der Waals surface area (Å²) in [5.74, 6) is -1.14. The smallest absolute Gasteiger partial charge is 0.191 e. The van der Waals surface area contributed by atoms with Crippen molar-refractivity contribution >= 4 is 11.6 Å². The van der Waals surface area contributed by atoms with E-state index in [9.17, 15) is 13.2 Å². The summed E-state index contributed by atoms with van der Waals surface area (Å²) in [6.45, 7) is 1.07. The van der Waals surface area contributed by atoms with Gasteiger partial charge in [-0.1, -0.05) is 6.07 Å². The highest BCUT2D eigenvalue weighted by Gasteiger charge is 2.27. The highest BCUT2D eigenvalue weighted by atomic mass is 19.1. The van der Waals surface area contributed by atoms with Crippen LogP contribution in [0.25, 0.3) is 0 Å². The molecule has 1 unspecified atom stereocenters. The summed E-state index contributed by atoms with van der Waals surface area (Å²) < 4.78 is 41.8. The van der Waals surface area contributed by atoms with Crippen molar-refractivity contribution in [2.45, 2.75) is 19.0 Å². The largest absolute Gasteiger partial charge is 0.365 e. The lowest BCUT2D eigenvalue weighted by Crippen LogP contribution is -2.44. The summed E-state index contributed by atoms with van der Waals surface area (Å²) in [5.41, 5.74) is 0.702. The van der Waals surface area contributed by atoms with Crippen molar-refractivity contribution < 1.29 is 13.2 Å². The van der Waals surface area contributed by atoms with Crippen LogP contribution in [0.4, 0.5) is 18.9 Å². The highest BCUT2D eigenvalue weighted by Crippen LogP contribution is 2.26. The second kappa shape index (κ2) is 8.65. The molecule has 5 nitrogen and oxygen atoms in total. The molecule has 1 atom stereocenters. The molecule has 2 aromatic carbocycles. The lowest BCUT2D eigenvalue weighted by Gasteiger charge is -2.21. The second-order valence-corrected chi connectivity index (χ2v) is 6.49. The Morgan fingerprint density at radius 3 is 2.64 bits per heavy atom. The van der Waals surface area contributed by atoms with E-state index in [-0.39, 0.29) is 18.3 Å². The molecule has 1 aliphatic heterocycles. The molecule has 0 aromatic heterocycles. The molecule has 1 aliphatic rings. The van der Waals surface area contributed by atoms with E-state index in [0.29, 0.717) is 36.6 Å². The molecule has 1 heterocycles. The van der Waals surface area contributed by atoms with Gasteiger partial charge in [0, 0.05) is 38.3 Å². The first-order valence-corrected chi connectivity index (χ1v) is 8.86. The molecular weight excluding hydrogens is 367 g/mol. The van der Waals surface area contributed by atoms with Gasteiger partial charge in [-0.25, -0.2) is 13.2 Å². The van der Waals surface area contributed by atoms with Crippen LogP contribution in [0, 0.1) is 28.8 Å². The summed E-state index contributed by atoms with van der Waals surface area (Å²) in [6, 6.07) is 9.88. The Morgan fingerprint density at radius 1 is 1.21 bits per heavy atom. The fourth-order valence-electron chi connectivity index (χ4n) is 3.22. The Bertz CT molecular complexity index is 902. The zero-order chi connectivity index (χ0) is 20.1. The van der Waals surface area contributed by atoms with Crippen molar-refractivity contribution in [3.05, 3.63) is 65.0 Å². The van der Waals surface area contributed by atoms with Gasteiger partial charge in [-0.15, -0.1) is 0 Å². The van der Waals surface area contributed by atoms with Gasteiger partial charge in [0.25, 0.3) is 0 Å². The number of nitriles is 1. The molecule has 28 heavy (non-hydrogen) atoms. The monoisotopic (exact) mass is 387 g/mol. The van der Waals surface area contributed by atoms with Crippen LogP contribution in [0.15, 0.2) is 41.4 Å². The Kier molecular flexibility index (Phi) is 6.04. The molecule has 0 aliphatic carbocycles. The average molecular weight is 387 g/mol. The van der Waals surface area contributed by atoms with E-state index in [0.717, 1.165) is 0 Å². The second-order valence-electron chi connectivity index (χ2n) is 6.49. The molecule has 0 spiro atoms. The van der Waals surface area contributed by atoms with E-state index < -0.39 is 17.5 Å². The van der Waals surface area contributed by atoms with E-state index in [1.54, 1.807) is 11.9 Å². The fraction of sp³-hybridized carbons (Fsp3) is 0.300. The maximum absolute atomic E-state index is 14.0. The normalized spacial score (nSPS) is 16.8. The molecule has 8 heteroatoms. The standard InChI is InChI=1S/C20H20F3N5/c1-25-20(26-11-14-9-13(10-24)5-6-16(14)21)27-15-7-8-28(12-15)19-17(22)3-2-4-18(19)23/h2-6,9,15H,7-8,11-12H2,1H3,(H2,25,26,27). The van der Waals surface area contributed by atoms with Crippen molar-refractivity contribution in [2.24, 2.45) is 4.99 Å². The Labute approximate surface area is 161 Å². The van der Waals surface area contributed by atoms with Crippen molar-refractivity contribution in [2.75, 3.05) is 25.0 Å². The van der Waals surface area contributed by atoms with Crippen LogP contribution in [-0.4, -0.2) is 32.1 Å². The van der Waals surface area contributed by atoms with Crippen molar-refractivity contribution in [3.8, 4) is 6.07 Å². The highest BCUT2D eigenvalue weighted by molar-refractivity contribution is 5.80. The summed E-state index contributed by atoms with van der Waals surface area (Å²) in [7, 11) is 1.58. The van der Waals surface area contributed by atoms with Gasteiger partial charge in [0.1, 0.15) is 23.1 Å². The van der Waals surface area contributed by atoms with E-state index in [2.05, 4.69) is 15.6 Å². The maximum Gasteiger partial charge on any atom is 0.191 e. The van der Waals surface area contributed by atoms with Crippen LogP contribution in [0.2, 0.25) is 0 Å². The summed E-state index contributed by atoms with van der Waals surface area (Å²) >= 11 is 0. The number of anilines is 1. The number of hydrogen-bond donors (Lipinski definition) is 2. The van der Waals surface area contributed by atoms with Crippen molar-refractivity contribution in [3.63, 3.8) is 0 Å². The number of benzene rings is 2. The molecule has 146 valence electrons. The number of rotatable bonds is 4. The van der Waals surface area contributed by atoms with Crippen LogP contribution < -0.4 is 15.5 Å². The van der Waals surface area contributed by atoms with Gasteiger partial charge in [0.2, 0.25) is 0 Å². The lowest BCUT2D eigenvalue weighted by atomic mass is 10.1. The van der Waals surface area contributed by atoms with Crippen molar-refractivity contribution in [1.29, 1.82) is 5.26 Å². The molecule has 0 amide bonds. The Morgan fingerprint density at radius 2 is 1.96 bits per heavy atom. The molecule has 2 N–H and O–H groups in total. The number of halogens is 3. The van der Waals surface area contributed by atoms with Gasteiger partial charge in [-0.05, 0) is 36.8 Å². The molecular formula is C20H20F3N5. The van der Waals surface area contributed by atoms with Crippen LogP contribution in [0.3, 0.4) is 0 Å². The molecule has 1 saturated heterocycles. The number of hydrogen-bond acceptors (Lipinski definition) is 3. The molecule has 0 bridgehead atoms. The molecule has 1 fully saturated rings. The predicted molar refractivity (Wildman–Crippen MR) is 101 cm³/mol. The number of aliphatic imine (C=N–C) groups is 1. The third-order valence-corrected chi connectivity index (χ3v) is 4.63. The molecule has 0 radical (unpaired) electrons. The Hall–Kier alpha value is -3.21. The summed E-state index contributed by atoms with van der Waals surface area (Å²) in [6.07, 6.45) is 0.673. The molecule has 0 saturated carbocycles. The summed E-state index contributed by atoms with van der Waals surface area (Å²) in [4.78, 5) is 5.77. The van der Waals surface area contributed by atoms with Gasteiger partial charge >= 0.3 is 0 Å². The number of para-hydroxylation sites is 1. The van der Waals surface area contributed by atoms with Gasteiger partial charge in [0.05, 0.1) is 11.6 Å². The number of nitrogens with one attached hydrogen (secondary N) is 2. The van der Waals surface area contributed by atoms with Gasteiger partial charge in [-0.3, -0.25) is 4.99 Å². The third kappa shape index (κ3) is 4.36. The quantitative estimate of drug-likeness (QED) is 0.626. The van der Waals surface area contributed by atoms with E-state index in [1.807, 2.05) is 6.07 Å². The van der Waals surface area contributed by atoms with Gasteiger partial charge < -0.3 is 15.5 Å². The van der Waals surface area contributed by atoms with E-state index in [4.69, 9.17) is 5.26 Å². The third-order valence-electron chi connectivity index (χ3n) is 4.63. The minimum atomic E-state index is -0.587. The van der Waals surface area contributed by atoms with Crippen LogP contribution in [0.1, 0.15) is 17.5 Å². The van der Waals surface area contributed by atoms with Crippen LogP contribution in [0.5, 0.6) is 0 Å². The van der Waals surface area contributed by atoms with Crippen LogP contribution >= 0.6 is 0 Å². The van der Waals surface area contributed by atoms with E-state index in [1.165, 1.54) is 36.4 Å². The molecule has 3 rings (SSSR count). The summed E-state index contributed by atoms with van der Waals surface area (Å²) in [5, 5.41) is 15.1. The SMILES string of the molecule is CN=C(NCc1cc(C#N)ccc1F)NC1CCN(c2c(F)cccc2F)C1. The molecule has 2 aromatic rings. The van der Waals surface area contributed by atoms with E-state index >= 15 is 0 Å². The lowest BCUT2D eigenvalue weighted by molar-refractivity contribution is 0.575. The zero-order valence-electron chi connectivity index (χ0n) is 15.3. The topological polar surface area (TPSA) is 63.5 Å². The number of guanidine groups is 1. The maximum atomic E-state index is 14.0. The Balaban J connectivity index is 1.60. The first-order valence-electron chi connectivity index (χ1n) is 8.86. The zero-order valence-corrected chi connectivity index (χ0v) is 15.3. The first kappa shape index (κ1) is 19.5. The van der Waals surface area contributed by atoms with Crippen LogP contribution in [-0.2, 0) is 6.54 Å². The van der Waals surface area contributed by atoms with Gasteiger partial charge in [0.15, 0.2) is 5.96 Å². The van der Waals surface area contributed by atoms with Crippen molar-refractivity contribution in [1.82, 2.24) is 10.6 Å². The average Bonchev–Trinajstić information content (AvgIpc) is 3.14. The minimum absolute atomic E-state index is 0.0230. The number of nitrogens with zero attached hydrogens (tertiary/aromatic N) is 3. The fourth-order valence-corrected chi connectivity index (χ4v) is 3.22. The predicted octanol–water partition coefficient (Wildman–Crippen LogP) is 2.92.